The topological polar surface area (TPSA) is 162 Å². The molecule has 3 aromatic rings. The first kappa shape index (κ1) is 27.2. The van der Waals surface area contributed by atoms with Crippen molar-refractivity contribution >= 4 is 29.5 Å². The van der Waals surface area contributed by atoms with Crippen LogP contribution in [0.5, 0.6) is 0 Å². The summed E-state index contributed by atoms with van der Waals surface area (Å²) in [5.41, 5.74) is 1.81. The van der Waals surface area contributed by atoms with E-state index in [-0.39, 0.29) is 23.6 Å². The van der Waals surface area contributed by atoms with E-state index >= 15 is 0 Å². The van der Waals surface area contributed by atoms with Gasteiger partial charge in [-0.3, -0.25) is 9.59 Å². The minimum atomic E-state index is -1.42. The highest BCUT2D eigenvalue weighted by molar-refractivity contribution is 6.06. The van der Waals surface area contributed by atoms with Crippen LogP contribution in [0.1, 0.15) is 50.2 Å². The number of carboxylic acid groups (broad SMARTS) is 1. The number of aromatic amines is 1. The molecular formula is C28H29N5O6. The Bertz CT molecular complexity index is 1450. The Hall–Kier alpha value is -4.80. The minimum Gasteiger partial charge on any atom is -0.480 e. The number of hydrogen-bond donors (Lipinski definition) is 4. The summed E-state index contributed by atoms with van der Waals surface area (Å²) in [5, 5.41) is 15.0. The van der Waals surface area contributed by atoms with Crippen LogP contribution >= 0.6 is 0 Å². The molecule has 1 saturated heterocycles. The van der Waals surface area contributed by atoms with Gasteiger partial charge in [0.2, 0.25) is 0 Å². The summed E-state index contributed by atoms with van der Waals surface area (Å²) >= 11 is 0. The summed E-state index contributed by atoms with van der Waals surface area (Å²) in [6.07, 6.45) is 2.05. The Labute approximate surface area is 224 Å². The third-order valence-electron chi connectivity index (χ3n) is 6.72. The number of carboxylic acids is 1. The van der Waals surface area contributed by atoms with E-state index in [0.29, 0.717) is 30.5 Å². The third kappa shape index (κ3) is 6.20. The van der Waals surface area contributed by atoms with Crippen molar-refractivity contribution in [2.75, 3.05) is 11.9 Å². The number of carbonyl (C=O) groups excluding carboxylic acids is 3. The molecule has 1 aliphatic rings. The van der Waals surface area contributed by atoms with Crippen LogP contribution in [0.4, 0.5) is 10.6 Å². The van der Waals surface area contributed by atoms with Crippen molar-refractivity contribution in [1.82, 2.24) is 20.2 Å². The van der Waals surface area contributed by atoms with Crippen LogP contribution < -0.4 is 16.3 Å². The van der Waals surface area contributed by atoms with Gasteiger partial charge in [-0.2, -0.15) is 4.98 Å². The molecule has 0 bridgehead atoms. The zero-order valence-corrected chi connectivity index (χ0v) is 21.6. The lowest BCUT2D eigenvalue weighted by atomic mass is 10.0. The van der Waals surface area contributed by atoms with Gasteiger partial charge in [-0.1, -0.05) is 48.5 Å². The maximum absolute atomic E-state index is 13.1. The molecule has 2 aromatic carbocycles. The van der Waals surface area contributed by atoms with Crippen LogP contribution in [-0.2, 0) is 11.2 Å². The molecule has 2 heterocycles. The number of likely N-dealkylation sites (tertiary alicyclic amines) is 1. The SMILES string of the molecule is Cc1cccc(C)c1C(=O)Nc1nc(=O)[nH]cc1CC(NC(=O)N1CCCC1C(=O)c1ccccc1)C(=O)O. The molecule has 0 radical (unpaired) electrons. The first-order valence-electron chi connectivity index (χ1n) is 12.5. The first-order chi connectivity index (χ1) is 18.7. The number of H-pyrrole nitrogens is 1. The lowest BCUT2D eigenvalue weighted by Gasteiger charge is -2.26. The van der Waals surface area contributed by atoms with E-state index in [9.17, 15) is 29.1 Å². The molecule has 2 unspecified atom stereocenters. The lowest BCUT2D eigenvalue weighted by molar-refractivity contribution is -0.139. The Balaban J connectivity index is 1.52. The van der Waals surface area contributed by atoms with Gasteiger partial charge in [-0.25, -0.2) is 14.4 Å². The molecule has 11 heteroatoms. The molecule has 39 heavy (non-hydrogen) atoms. The predicted molar refractivity (Wildman–Crippen MR) is 143 cm³/mol. The standard InChI is InChI=1S/C28H29N5O6/c1-16-8-6-9-17(2)22(16)25(35)31-24-19(15-29-27(38)32-24)14-20(26(36)37)30-28(39)33-13-7-12-21(33)23(34)18-10-4-3-5-11-18/h3-6,8-11,15,20-21H,7,12-14H2,1-2H3,(H,30,39)(H,36,37)(H2,29,31,32,35,38). The number of aromatic nitrogens is 2. The van der Waals surface area contributed by atoms with E-state index in [4.69, 9.17) is 0 Å². The number of carbonyl (C=O) groups is 4. The average molecular weight is 532 g/mol. The van der Waals surface area contributed by atoms with Gasteiger partial charge in [0.05, 0.1) is 6.04 Å². The normalized spacial score (nSPS) is 15.4. The number of Topliss-reactive ketones (excluding diaryl/α,β-unsaturated/α-hetero) is 1. The number of urea groups is 1. The molecule has 0 aliphatic carbocycles. The van der Waals surface area contributed by atoms with Gasteiger partial charge >= 0.3 is 17.7 Å². The van der Waals surface area contributed by atoms with Gasteiger partial charge in [0.15, 0.2) is 5.78 Å². The zero-order valence-electron chi connectivity index (χ0n) is 21.6. The summed E-state index contributed by atoms with van der Waals surface area (Å²) in [6.45, 7) is 3.86. The Morgan fingerprint density at radius 3 is 2.44 bits per heavy atom. The van der Waals surface area contributed by atoms with Gasteiger partial charge < -0.3 is 25.6 Å². The van der Waals surface area contributed by atoms with E-state index in [1.54, 1.807) is 56.3 Å². The fourth-order valence-corrected chi connectivity index (χ4v) is 4.76. The minimum absolute atomic E-state index is 0.106. The summed E-state index contributed by atoms with van der Waals surface area (Å²) < 4.78 is 0. The number of anilines is 1. The number of rotatable bonds is 8. The van der Waals surface area contributed by atoms with E-state index in [1.165, 1.54) is 11.1 Å². The number of aryl methyl sites for hydroxylation is 2. The van der Waals surface area contributed by atoms with Crippen molar-refractivity contribution in [2.24, 2.45) is 0 Å². The van der Waals surface area contributed by atoms with Crippen molar-refractivity contribution < 1.29 is 24.3 Å². The van der Waals surface area contributed by atoms with E-state index < -0.39 is 35.7 Å². The lowest BCUT2D eigenvalue weighted by Crippen LogP contribution is -2.52. The second-order valence-corrected chi connectivity index (χ2v) is 9.43. The van der Waals surface area contributed by atoms with Gasteiger partial charge in [0.1, 0.15) is 11.9 Å². The maximum atomic E-state index is 13.1. The molecule has 202 valence electrons. The van der Waals surface area contributed by atoms with Crippen LogP contribution in [-0.4, -0.2) is 62.3 Å². The number of ketones is 1. The number of hydrogen-bond acceptors (Lipinski definition) is 6. The highest BCUT2D eigenvalue weighted by Gasteiger charge is 2.36. The number of benzene rings is 2. The number of nitrogens with one attached hydrogen (secondary N) is 3. The molecule has 11 nitrogen and oxygen atoms in total. The number of nitrogens with zero attached hydrogens (tertiary/aromatic N) is 2. The predicted octanol–water partition coefficient (Wildman–Crippen LogP) is 2.69. The Morgan fingerprint density at radius 2 is 1.77 bits per heavy atom. The highest BCUT2D eigenvalue weighted by atomic mass is 16.4. The van der Waals surface area contributed by atoms with Gasteiger partial charge in [-0.05, 0) is 37.8 Å². The molecular weight excluding hydrogens is 502 g/mol. The van der Waals surface area contributed by atoms with Crippen LogP contribution in [0.3, 0.4) is 0 Å². The largest absolute Gasteiger partial charge is 0.480 e. The molecule has 1 aliphatic heterocycles. The first-order valence-corrected chi connectivity index (χ1v) is 12.5. The molecule has 3 amide bonds. The van der Waals surface area contributed by atoms with Gasteiger partial charge in [0, 0.05) is 35.9 Å². The van der Waals surface area contributed by atoms with E-state index in [2.05, 4.69) is 20.6 Å². The summed E-state index contributed by atoms with van der Waals surface area (Å²) in [6, 6.07) is 11.2. The number of amides is 3. The Kier molecular flexibility index (Phi) is 8.18. The van der Waals surface area contributed by atoms with Gasteiger partial charge in [0.25, 0.3) is 5.91 Å². The van der Waals surface area contributed by atoms with Crippen molar-refractivity contribution in [1.29, 1.82) is 0 Å². The monoisotopic (exact) mass is 531 g/mol. The fourth-order valence-electron chi connectivity index (χ4n) is 4.76. The highest BCUT2D eigenvalue weighted by Crippen LogP contribution is 2.22. The Morgan fingerprint density at radius 1 is 1.08 bits per heavy atom. The van der Waals surface area contributed by atoms with Crippen LogP contribution in [0.2, 0.25) is 0 Å². The molecule has 2 atom stereocenters. The van der Waals surface area contributed by atoms with Crippen LogP contribution in [0.25, 0.3) is 0 Å². The molecule has 0 saturated carbocycles. The summed E-state index contributed by atoms with van der Waals surface area (Å²) in [4.78, 5) is 70.8. The third-order valence-corrected chi connectivity index (χ3v) is 6.72. The summed E-state index contributed by atoms with van der Waals surface area (Å²) in [7, 11) is 0. The molecule has 1 fully saturated rings. The fraction of sp³-hybridized carbons (Fsp3) is 0.286. The quantitative estimate of drug-likeness (QED) is 0.325. The smallest absolute Gasteiger partial charge is 0.346 e. The average Bonchev–Trinajstić information content (AvgIpc) is 3.40. The molecule has 4 rings (SSSR count). The second kappa shape index (κ2) is 11.7. The van der Waals surface area contributed by atoms with E-state index in [0.717, 1.165) is 11.1 Å². The van der Waals surface area contributed by atoms with Crippen LogP contribution in [0, 0.1) is 13.8 Å². The molecule has 4 N–H and O–H groups in total. The number of aliphatic carboxylic acids is 1. The molecule has 1 aromatic heterocycles. The van der Waals surface area contributed by atoms with Crippen molar-refractivity contribution in [2.45, 2.75) is 45.2 Å². The summed E-state index contributed by atoms with van der Waals surface area (Å²) in [5.74, 6) is -2.14. The van der Waals surface area contributed by atoms with Crippen molar-refractivity contribution in [3.05, 3.63) is 93.0 Å². The van der Waals surface area contributed by atoms with Crippen LogP contribution in [0.15, 0.2) is 59.5 Å². The maximum Gasteiger partial charge on any atom is 0.346 e. The van der Waals surface area contributed by atoms with Gasteiger partial charge in [-0.15, -0.1) is 0 Å². The van der Waals surface area contributed by atoms with Crippen molar-refractivity contribution in [3.63, 3.8) is 0 Å². The van der Waals surface area contributed by atoms with Crippen molar-refractivity contribution in [3.8, 4) is 0 Å². The molecule has 0 spiro atoms. The zero-order chi connectivity index (χ0) is 28.1. The second-order valence-electron chi connectivity index (χ2n) is 9.43. The van der Waals surface area contributed by atoms with E-state index in [1.807, 2.05) is 6.07 Å².